The maximum absolute atomic E-state index is 13.2. The van der Waals surface area contributed by atoms with Crippen LogP contribution in [0.1, 0.15) is 22.7 Å². The van der Waals surface area contributed by atoms with Crippen molar-refractivity contribution < 1.29 is 13.2 Å². The van der Waals surface area contributed by atoms with Crippen LogP contribution < -0.4 is 11.3 Å². The van der Waals surface area contributed by atoms with Crippen LogP contribution in [0.25, 0.3) is 0 Å². The van der Waals surface area contributed by atoms with Gasteiger partial charge in [-0.3, -0.25) is 5.84 Å². The van der Waals surface area contributed by atoms with Gasteiger partial charge in [0, 0.05) is 6.07 Å². The van der Waals surface area contributed by atoms with Gasteiger partial charge in [-0.15, -0.1) is 0 Å². The SMILES string of the molecule is Cc1cc(C(NN)c2cc(F)cc(F)c2)ccc1F. The first-order valence-corrected chi connectivity index (χ1v) is 5.69. The van der Waals surface area contributed by atoms with Crippen LogP contribution in [0, 0.1) is 24.4 Å². The summed E-state index contributed by atoms with van der Waals surface area (Å²) in [5.41, 5.74) is 3.89. The standard InChI is InChI=1S/C14H13F3N2/c1-8-4-9(2-3-13(8)17)14(19-18)10-5-11(15)7-12(16)6-10/h2-7,14,19H,18H2,1H3. The zero-order valence-electron chi connectivity index (χ0n) is 10.3. The Hall–Kier alpha value is -1.85. The molecule has 0 aliphatic rings. The molecule has 2 nitrogen and oxygen atoms in total. The second-order valence-electron chi connectivity index (χ2n) is 4.31. The Morgan fingerprint density at radius 1 is 0.947 bits per heavy atom. The summed E-state index contributed by atoms with van der Waals surface area (Å²) in [6.45, 7) is 1.61. The minimum absolute atomic E-state index is 0.339. The number of rotatable bonds is 3. The van der Waals surface area contributed by atoms with Crippen molar-refractivity contribution in [3.8, 4) is 0 Å². The Bertz CT molecular complexity index is 579. The smallest absolute Gasteiger partial charge is 0.126 e. The molecule has 100 valence electrons. The predicted octanol–water partition coefficient (Wildman–Crippen LogP) is 2.97. The van der Waals surface area contributed by atoms with Crippen molar-refractivity contribution in [3.05, 3.63) is 70.5 Å². The molecule has 0 radical (unpaired) electrons. The molecule has 0 amide bonds. The van der Waals surface area contributed by atoms with Crippen LogP contribution in [0.5, 0.6) is 0 Å². The third kappa shape index (κ3) is 2.94. The number of hydrazine groups is 1. The van der Waals surface area contributed by atoms with Gasteiger partial charge in [-0.25, -0.2) is 18.6 Å². The number of hydrogen-bond acceptors (Lipinski definition) is 2. The van der Waals surface area contributed by atoms with E-state index in [1.54, 1.807) is 13.0 Å². The van der Waals surface area contributed by atoms with Gasteiger partial charge in [0.2, 0.25) is 0 Å². The number of hydrogen-bond donors (Lipinski definition) is 2. The van der Waals surface area contributed by atoms with E-state index >= 15 is 0 Å². The van der Waals surface area contributed by atoms with Crippen molar-refractivity contribution in [1.82, 2.24) is 5.43 Å². The van der Waals surface area contributed by atoms with E-state index in [1.807, 2.05) is 0 Å². The molecule has 0 aliphatic heterocycles. The van der Waals surface area contributed by atoms with E-state index in [0.29, 0.717) is 16.7 Å². The number of aryl methyl sites for hydroxylation is 1. The van der Waals surface area contributed by atoms with Gasteiger partial charge in [0.15, 0.2) is 0 Å². The van der Waals surface area contributed by atoms with Gasteiger partial charge in [0.1, 0.15) is 17.5 Å². The third-order valence-corrected chi connectivity index (χ3v) is 2.90. The van der Waals surface area contributed by atoms with Gasteiger partial charge < -0.3 is 0 Å². The molecule has 2 aromatic rings. The first-order valence-electron chi connectivity index (χ1n) is 5.69. The molecule has 0 heterocycles. The average molecular weight is 266 g/mol. The molecule has 0 aliphatic carbocycles. The molecule has 0 bridgehead atoms. The number of nitrogens with one attached hydrogen (secondary N) is 1. The average Bonchev–Trinajstić information content (AvgIpc) is 2.33. The lowest BCUT2D eigenvalue weighted by molar-refractivity contribution is 0.565. The van der Waals surface area contributed by atoms with E-state index in [0.717, 1.165) is 6.07 Å². The summed E-state index contributed by atoms with van der Waals surface area (Å²) < 4.78 is 39.7. The summed E-state index contributed by atoms with van der Waals surface area (Å²) in [7, 11) is 0. The first kappa shape index (κ1) is 13.6. The quantitative estimate of drug-likeness (QED) is 0.662. The molecule has 3 N–H and O–H groups in total. The number of benzene rings is 2. The van der Waals surface area contributed by atoms with Crippen molar-refractivity contribution in [2.24, 2.45) is 5.84 Å². The van der Waals surface area contributed by atoms with E-state index in [-0.39, 0.29) is 5.82 Å². The van der Waals surface area contributed by atoms with Gasteiger partial charge in [-0.05, 0) is 41.8 Å². The summed E-state index contributed by atoms with van der Waals surface area (Å²) in [6.07, 6.45) is 0. The lowest BCUT2D eigenvalue weighted by Crippen LogP contribution is -2.29. The van der Waals surface area contributed by atoms with Gasteiger partial charge >= 0.3 is 0 Å². The van der Waals surface area contributed by atoms with Gasteiger partial charge in [-0.2, -0.15) is 0 Å². The Kier molecular flexibility index (Phi) is 3.87. The normalized spacial score (nSPS) is 12.5. The van der Waals surface area contributed by atoms with Crippen molar-refractivity contribution in [1.29, 1.82) is 0 Å². The van der Waals surface area contributed by atoms with Crippen LogP contribution >= 0.6 is 0 Å². The van der Waals surface area contributed by atoms with Gasteiger partial charge in [-0.1, -0.05) is 12.1 Å². The zero-order valence-corrected chi connectivity index (χ0v) is 10.3. The summed E-state index contributed by atoms with van der Waals surface area (Å²) in [5.74, 6) is 3.72. The van der Waals surface area contributed by atoms with E-state index < -0.39 is 17.7 Å². The molecular formula is C14H13F3N2. The summed E-state index contributed by atoms with van der Waals surface area (Å²) in [4.78, 5) is 0. The van der Waals surface area contributed by atoms with Crippen molar-refractivity contribution in [2.45, 2.75) is 13.0 Å². The minimum Gasteiger partial charge on any atom is -0.271 e. The highest BCUT2D eigenvalue weighted by molar-refractivity contribution is 5.34. The van der Waals surface area contributed by atoms with Crippen molar-refractivity contribution in [2.75, 3.05) is 0 Å². The summed E-state index contributed by atoms with van der Waals surface area (Å²) >= 11 is 0. The van der Waals surface area contributed by atoms with Crippen LogP contribution in [0.2, 0.25) is 0 Å². The molecule has 0 fully saturated rings. The van der Waals surface area contributed by atoms with Crippen molar-refractivity contribution in [3.63, 3.8) is 0 Å². The fraction of sp³-hybridized carbons (Fsp3) is 0.143. The van der Waals surface area contributed by atoms with E-state index in [2.05, 4.69) is 5.43 Å². The van der Waals surface area contributed by atoms with Crippen molar-refractivity contribution >= 4 is 0 Å². The van der Waals surface area contributed by atoms with Crippen LogP contribution in [0.3, 0.4) is 0 Å². The monoisotopic (exact) mass is 266 g/mol. The molecule has 1 atom stereocenters. The predicted molar refractivity (Wildman–Crippen MR) is 66.7 cm³/mol. The van der Waals surface area contributed by atoms with E-state index in [9.17, 15) is 13.2 Å². The Morgan fingerprint density at radius 2 is 1.58 bits per heavy atom. The third-order valence-electron chi connectivity index (χ3n) is 2.90. The molecule has 0 spiro atoms. The van der Waals surface area contributed by atoms with Crippen LogP contribution in [-0.4, -0.2) is 0 Å². The maximum Gasteiger partial charge on any atom is 0.126 e. The Balaban J connectivity index is 2.46. The fourth-order valence-electron chi connectivity index (χ4n) is 1.97. The topological polar surface area (TPSA) is 38.0 Å². The van der Waals surface area contributed by atoms with Gasteiger partial charge in [0.25, 0.3) is 0 Å². The lowest BCUT2D eigenvalue weighted by atomic mass is 9.97. The number of nitrogens with two attached hydrogens (primary N) is 1. The first-order chi connectivity index (χ1) is 9.01. The second-order valence-corrected chi connectivity index (χ2v) is 4.31. The highest BCUT2D eigenvalue weighted by atomic mass is 19.1. The molecule has 1 unspecified atom stereocenters. The Morgan fingerprint density at radius 3 is 2.11 bits per heavy atom. The molecular weight excluding hydrogens is 253 g/mol. The molecule has 0 saturated heterocycles. The van der Waals surface area contributed by atoms with Crippen LogP contribution in [0.15, 0.2) is 36.4 Å². The van der Waals surface area contributed by atoms with E-state index in [1.165, 1.54) is 24.3 Å². The molecule has 5 heteroatoms. The number of halogens is 3. The van der Waals surface area contributed by atoms with Crippen LogP contribution in [-0.2, 0) is 0 Å². The van der Waals surface area contributed by atoms with E-state index in [4.69, 9.17) is 5.84 Å². The van der Waals surface area contributed by atoms with Crippen LogP contribution in [0.4, 0.5) is 13.2 Å². The zero-order chi connectivity index (χ0) is 14.0. The maximum atomic E-state index is 13.2. The minimum atomic E-state index is -0.686. The summed E-state index contributed by atoms with van der Waals surface area (Å²) in [5, 5.41) is 0. The molecule has 2 aromatic carbocycles. The fourth-order valence-corrected chi connectivity index (χ4v) is 1.97. The summed E-state index contributed by atoms with van der Waals surface area (Å²) in [6, 6.07) is 6.96. The highest BCUT2D eigenvalue weighted by Crippen LogP contribution is 2.24. The van der Waals surface area contributed by atoms with Gasteiger partial charge in [0.05, 0.1) is 6.04 Å². The lowest BCUT2D eigenvalue weighted by Gasteiger charge is -2.17. The Labute approximate surface area is 109 Å². The highest BCUT2D eigenvalue weighted by Gasteiger charge is 2.15. The molecule has 0 aromatic heterocycles. The molecule has 0 saturated carbocycles. The molecule has 19 heavy (non-hydrogen) atoms. The largest absolute Gasteiger partial charge is 0.271 e. The molecule has 2 rings (SSSR count). The second kappa shape index (κ2) is 5.42.